The second-order valence-corrected chi connectivity index (χ2v) is 5.64. The number of nitrogens with zero attached hydrogens (tertiary/aromatic N) is 1. The van der Waals surface area contributed by atoms with Gasteiger partial charge in [0.2, 0.25) is 0 Å². The van der Waals surface area contributed by atoms with Crippen molar-refractivity contribution in [2.45, 2.75) is 0 Å². The van der Waals surface area contributed by atoms with Crippen molar-refractivity contribution in [3.05, 3.63) is 45.6 Å². The monoisotopic (exact) mass is 307 g/mol. The first-order valence-electron chi connectivity index (χ1n) is 5.83. The molecule has 0 N–H and O–H groups in total. The van der Waals surface area contributed by atoms with E-state index in [1.165, 1.54) is 17.4 Å². The van der Waals surface area contributed by atoms with Crippen molar-refractivity contribution in [2.75, 3.05) is 13.9 Å². The van der Waals surface area contributed by atoms with E-state index in [1.54, 1.807) is 13.2 Å². The van der Waals surface area contributed by atoms with E-state index >= 15 is 0 Å². The molecular formula is C14H10ClNO3S. The Morgan fingerprint density at radius 3 is 2.95 bits per heavy atom. The molecule has 1 aliphatic heterocycles. The molecule has 0 unspecified atom stereocenters. The summed E-state index contributed by atoms with van der Waals surface area (Å²) in [5, 5.41) is 0.191. The fraction of sp³-hybridized carbons (Fsp3) is 0.143. The van der Waals surface area contributed by atoms with Gasteiger partial charge in [-0.1, -0.05) is 11.6 Å². The first kappa shape index (κ1) is 13.3. The van der Waals surface area contributed by atoms with Crippen molar-refractivity contribution in [3.63, 3.8) is 0 Å². The molecule has 0 saturated heterocycles. The van der Waals surface area contributed by atoms with Gasteiger partial charge in [-0.25, -0.2) is 4.98 Å². The number of halogens is 1. The van der Waals surface area contributed by atoms with Crippen LogP contribution in [0.25, 0.3) is 20.8 Å². The molecule has 0 aromatic heterocycles. The number of methoxy groups -OCH3 is 1. The Kier molecular flexibility index (Phi) is 3.56. The van der Waals surface area contributed by atoms with Gasteiger partial charge in [-0.3, -0.25) is 4.79 Å². The molecule has 2 aliphatic rings. The van der Waals surface area contributed by atoms with Crippen molar-refractivity contribution in [3.8, 4) is 16.3 Å². The minimum Gasteiger partial charge on any atom is -0.468 e. The van der Waals surface area contributed by atoms with Crippen LogP contribution in [0.5, 0.6) is 5.75 Å². The SMILES string of the molecule is COCOc1ccc2nc3cc(Cl)c(=O)cc-3sc2c1. The Morgan fingerprint density at radius 2 is 2.15 bits per heavy atom. The van der Waals surface area contributed by atoms with Crippen LogP contribution in [-0.4, -0.2) is 18.9 Å². The maximum Gasteiger partial charge on any atom is 0.198 e. The Morgan fingerprint density at radius 1 is 1.30 bits per heavy atom. The largest absolute Gasteiger partial charge is 0.468 e. The van der Waals surface area contributed by atoms with Gasteiger partial charge in [0.1, 0.15) is 5.75 Å². The predicted octanol–water partition coefficient (Wildman–Crippen LogP) is 3.40. The highest BCUT2D eigenvalue weighted by Crippen LogP contribution is 2.32. The molecule has 1 heterocycles. The van der Waals surface area contributed by atoms with Crippen LogP contribution in [0, 0.1) is 0 Å². The van der Waals surface area contributed by atoms with Crippen molar-refractivity contribution in [1.82, 2.24) is 4.98 Å². The highest BCUT2D eigenvalue weighted by molar-refractivity contribution is 7.21. The molecule has 6 heteroatoms. The van der Waals surface area contributed by atoms with E-state index in [9.17, 15) is 4.79 Å². The fourth-order valence-electron chi connectivity index (χ4n) is 1.83. The molecule has 0 bridgehead atoms. The minimum atomic E-state index is -0.191. The van der Waals surface area contributed by atoms with E-state index in [1.807, 2.05) is 18.2 Å². The van der Waals surface area contributed by atoms with Crippen LogP contribution in [-0.2, 0) is 4.74 Å². The van der Waals surface area contributed by atoms with Crippen LogP contribution in [0.1, 0.15) is 0 Å². The third kappa shape index (κ3) is 2.47. The van der Waals surface area contributed by atoms with E-state index in [4.69, 9.17) is 21.1 Å². The molecule has 0 atom stereocenters. The van der Waals surface area contributed by atoms with Gasteiger partial charge >= 0.3 is 0 Å². The lowest BCUT2D eigenvalue weighted by Gasteiger charge is -2.08. The molecule has 20 heavy (non-hydrogen) atoms. The lowest BCUT2D eigenvalue weighted by Crippen LogP contribution is -2.01. The zero-order valence-electron chi connectivity index (χ0n) is 10.6. The van der Waals surface area contributed by atoms with Crippen molar-refractivity contribution in [1.29, 1.82) is 0 Å². The smallest absolute Gasteiger partial charge is 0.198 e. The maximum absolute atomic E-state index is 11.6. The van der Waals surface area contributed by atoms with Crippen LogP contribution in [0.2, 0.25) is 5.02 Å². The molecule has 0 radical (unpaired) electrons. The van der Waals surface area contributed by atoms with Crippen LogP contribution in [0.15, 0.2) is 35.1 Å². The van der Waals surface area contributed by atoms with E-state index in [2.05, 4.69) is 4.98 Å². The quantitative estimate of drug-likeness (QED) is 0.549. The summed E-state index contributed by atoms with van der Waals surface area (Å²) in [7, 11) is 1.57. The summed E-state index contributed by atoms with van der Waals surface area (Å²) >= 11 is 7.32. The van der Waals surface area contributed by atoms with Gasteiger partial charge in [0, 0.05) is 13.2 Å². The highest BCUT2D eigenvalue weighted by atomic mass is 35.5. The fourth-order valence-corrected chi connectivity index (χ4v) is 2.99. The van der Waals surface area contributed by atoms with Crippen molar-refractivity contribution >= 4 is 33.2 Å². The van der Waals surface area contributed by atoms with Gasteiger partial charge in [0.05, 0.1) is 25.8 Å². The molecule has 102 valence electrons. The normalized spacial score (nSPS) is 11.1. The van der Waals surface area contributed by atoms with Gasteiger partial charge < -0.3 is 9.47 Å². The Bertz CT molecular complexity index is 802. The first-order valence-corrected chi connectivity index (χ1v) is 7.03. The minimum absolute atomic E-state index is 0.191. The van der Waals surface area contributed by atoms with Crippen LogP contribution in [0.3, 0.4) is 0 Å². The van der Waals surface area contributed by atoms with Gasteiger partial charge in [0.25, 0.3) is 0 Å². The topological polar surface area (TPSA) is 48.4 Å². The van der Waals surface area contributed by atoms with Crippen molar-refractivity contribution < 1.29 is 9.47 Å². The number of hydrogen-bond donors (Lipinski definition) is 0. The lowest BCUT2D eigenvalue weighted by molar-refractivity contribution is 0.0512. The molecule has 0 amide bonds. The average molecular weight is 308 g/mol. The average Bonchev–Trinajstić information content (AvgIpc) is 2.44. The molecule has 4 nitrogen and oxygen atoms in total. The number of ether oxygens (including phenoxy) is 2. The predicted molar refractivity (Wildman–Crippen MR) is 80.0 cm³/mol. The third-order valence-electron chi connectivity index (χ3n) is 2.75. The highest BCUT2D eigenvalue weighted by Gasteiger charge is 2.11. The number of rotatable bonds is 3. The number of hydrogen-bond acceptors (Lipinski definition) is 5. The van der Waals surface area contributed by atoms with E-state index in [0.717, 1.165) is 20.8 Å². The second-order valence-electron chi connectivity index (χ2n) is 4.14. The molecule has 3 rings (SSSR count). The second kappa shape index (κ2) is 5.36. The van der Waals surface area contributed by atoms with Gasteiger partial charge in [-0.2, -0.15) is 0 Å². The number of benzene rings is 2. The maximum atomic E-state index is 11.6. The third-order valence-corrected chi connectivity index (χ3v) is 4.14. The summed E-state index contributed by atoms with van der Waals surface area (Å²) in [4.78, 5) is 16.9. The van der Waals surface area contributed by atoms with Gasteiger partial charge in [-0.05, 0) is 24.3 Å². The Labute approximate surface area is 123 Å². The van der Waals surface area contributed by atoms with Crippen LogP contribution >= 0.6 is 22.9 Å². The summed E-state index contributed by atoms with van der Waals surface area (Å²) in [5.41, 5.74) is 1.36. The van der Waals surface area contributed by atoms with Gasteiger partial charge in [0.15, 0.2) is 12.2 Å². The van der Waals surface area contributed by atoms with E-state index in [-0.39, 0.29) is 17.2 Å². The lowest BCUT2D eigenvalue weighted by atomic mass is 10.2. The molecule has 0 spiro atoms. The van der Waals surface area contributed by atoms with E-state index in [0.29, 0.717) is 5.75 Å². The van der Waals surface area contributed by atoms with E-state index < -0.39 is 0 Å². The summed E-state index contributed by atoms with van der Waals surface area (Å²) in [5.74, 6) is 0.702. The summed E-state index contributed by atoms with van der Waals surface area (Å²) in [6.07, 6.45) is 0. The summed E-state index contributed by atoms with van der Waals surface area (Å²) in [6.45, 7) is 0.192. The molecule has 0 fully saturated rings. The van der Waals surface area contributed by atoms with Crippen LogP contribution < -0.4 is 10.2 Å². The first-order chi connectivity index (χ1) is 9.67. The number of fused-ring (bicyclic) bond motifs is 2. The van der Waals surface area contributed by atoms with Crippen molar-refractivity contribution in [2.24, 2.45) is 0 Å². The standard InChI is InChI=1S/C14H10ClNO3S/c1-18-7-19-8-2-3-10-13(4-8)20-14-6-12(17)9(15)5-11(14)16-10/h2-6H,7H2,1H3. The molecular weight excluding hydrogens is 298 g/mol. The summed E-state index contributed by atoms with van der Waals surface area (Å²) < 4.78 is 11.2. The molecule has 1 aromatic carbocycles. The zero-order valence-corrected chi connectivity index (χ0v) is 12.1. The molecule has 1 aliphatic carbocycles. The molecule has 1 aromatic rings. The van der Waals surface area contributed by atoms with Gasteiger partial charge in [-0.15, -0.1) is 11.3 Å². The van der Waals surface area contributed by atoms with Crippen LogP contribution in [0.4, 0.5) is 0 Å². The molecule has 0 saturated carbocycles. The zero-order chi connectivity index (χ0) is 14.1. The Hall–Kier alpha value is -1.69. The summed E-state index contributed by atoms with van der Waals surface area (Å²) in [6, 6.07) is 8.69. The number of aromatic nitrogens is 1. The Balaban J connectivity index is 2.16.